The molecule has 1 aliphatic rings. The van der Waals surface area contributed by atoms with E-state index in [1.165, 1.54) is 0 Å². The molecule has 1 aromatic carbocycles. The molecule has 3 rings (SSSR count). The molecule has 25 heavy (non-hydrogen) atoms. The number of benzene rings is 1. The normalized spacial score (nSPS) is 15.4. The highest BCUT2D eigenvalue weighted by Crippen LogP contribution is 2.22. The van der Waals surface area contributed by atoms with Crippen molar-refractivity contribution in [3.8, 4) is 5.75 Å². The van der Waals surface area contributed by atoms with Crippen LogP contribution < -0.4 is 4.74 Å². The smallest absolute Gasteiger partial charge is 0.233 e. The largest absolute Gasteiger partial charge is 0.497 e. The second kappa shape index (κ2) is 8.40. The highest BCUT2D eigenvalue weighted by Gasteiger charge is 2.21. The summed E-state index contributed by atoms with van der Waals surface area (Å²) in [5, 5.41) is 4.03. The van der Waals surface area contributed by atoms with Gasteiger partial charge >= 0.3 is 0 Å². The van der Waals surface area contributed by atoms with Gasteiger partial charge in [0, 0.05) is 43.7 Å². The van der Waals surface area contributed by atoms with E-state index >= 15 is 0 Å². The minimum absolute atomic E-state index is 0.192. The van der Waals surface area contributed by atoms with Crippen molar-refractivity contribution in [3.05, 3.63) is 41.8 Å². The number of methoxy groups -OCH3 is 1. The summed E-state index contributed by atoms with van der Waals surface area (Å²) in [4.78, 5) is 17.7. The molecule has 2 heterocycles. The standard InChI is InChI=1S/C18H23N3O3S/c1-14-11-15(19-24-14)12-20-7-9-21(10-8-20)18(22)13-25-17-5-3-16(23-2)4-6-17/h3-6,11H,7-10,12-13H2,1-2H3. The third kappa shape index (κ3) is 4.99. The number of amides is 1. The van der Waals surface area contributed by atoms with E-state index < -0.39 is 0 Å². The zero-order valence-electron chi connectivity index (χ0n) is 14.6. The van der Waals surface area contributed by atoms with Gasteiger partial charge in [0.1, 0.15) is 11.5 Å². The number of nitrogens with zero attached hydrogens (tertiary/aromatic N) is 3. The van der Waals surface area contributed by atoms with Gasteiger partial charge < -0.3 is 14.2 Å². The summed E-state index contributed by atoms with van der Waals surface area (Å²) in [6, 6.07) is 9.75. The lowest BCUT2D eigenvalue weighted by atomic mass is 10.3. The van der Waals surface area contributed by atoms with Crippen molar-refractivity contribution in [3.63, 3.8) is 0 Å². The van der Waals surface area contributed by atoms with Crippen molar-refractivity contribution in [2.45, 2.75) is 18.4 Å². The quantitative estimate of drug-likeness (QED) is 0.737. The Morgan fingerprint density at radius 2 is 1.96 bits per heavy atom. The Hall–Kier alpha value is -1.99. The molecule has 134 valence electrons. The summed E-state index contributed by atoms with van der Waals surface area (Å²) in [7, 11) is 1.65. The highest BCUT2D eigenvalue weighted by molar-refractivity contribution is 8.00. The van der Waals surface area contributed by atoms with E-state index in [0.717, 1.165) is 54.8 Å². The molecule has 7 heteroatoms. The Morgan fingerprint density at radius 1 is 1.24 bits per heavy atom. The van der Waals surface area contributed by atoms with Crippen LogP contribution in [0.5, 0.6) is 5.75 Å². The van der Waals surface area contributed by atoms with E-state index in [4.69, 9.17) is 9.26 Å². The second-order valence-electron chi connectivity index (χ2n) is 6.05. The monoisotopic (exact) mass is 361 g/mol. The summed E-state index contributed by atoms with van der Waals surface area (Å²) < 4.78 is 10.2. The molecule has 1 aromatic heterocycles. The zero-order valence-corrected chi connectivity index (χ0v) is 15.4. The van der Waals surface area contributed by atoms with Crippen LogP contribution in [0.4, 0.5) is 0 Å². The lowest BCUT2D eigenvalue weighted by molar-refractivity contribution is -0.130. The number of carbonyl (C=O) groups is 1. The molecule has 0 radical (unpaired) electrons. The third-order valence-electron chi connectivity index (χ3n) is 4.21. The van der Waals surface area contributed by atoms with Crippen molar-refractivity contribution in [2.75, 3.05) is 39.0 Å². The Bertz CT molecular complexity index is 694. The van der Waals surface area contributed by atoms with Gasteiger partial charge in [0.25, 0.3) is 0 Å². The van der Waals surface area contributed by atoms with Crippen LogP contribution in [0.1, 0.15) is 11.5 Å². The Kier molecular flexibility index (Phi) is 5.99. The molecule has 1 saturated heterocycles. The third-order valence-corrected chi connectivity index (χ3v) is 5.21. The maximum Gasteiger partial charge on any atom is 0.233 e. The number of rotatable bonds is 6. The van der Waals surface area contributed by atoms with E-state index in [1.54, 1.807) is 18.9 Å². The summed E-state index contributed by atoms with van der Waals surface area (Å²) in [5.74, 6) is 2.32. The summed E-state index contributed by atoms with van der Waals surface area (Å²) in [5.41, 5.74) is 0.951. The fourth-order valence-electron chi connectivity index (χ4n) is 2.79. The Balaban J connectivity index is 1.41. The summed E-state index contributed by atoms with van der Waals surface area (Å²) in [6.45, 7) is 5.93. The molecule has 0 atom stereocenters. The first kappa shape index (κ1) is 17.8. The van der Waals surface area contributed by atoms with Gasteiger partial charge in [-0.05, 0) is 31.2 Å². The molecule has 1 fully saturated rings. The van der Waals surface area contributed by atoms with Crippen LogP contribution in [0.15, 0.2) is 39.8 Å². The molecule has 2 aromatic rings. The van der Waals surface area contributed by atoms with Crippen LogP contribution in [0.2, 0.25) is 0 Å². The van der Waals surface area contributed by atoms with Gasteiger partial charge in [-0.3, -0.25) is 9.69 Å². The number of ether oxygens (including phenoxy) is 1. The maximum absolute atomic E-state index is 12.4. The van der Waals surface area contributed by atoms with Crippen molar-refractivity contribution in [1.29, 1.82) is 0 Å². The summed E-state index contributed by atoms with van der Waals surface area (Å²) in [6.07, 6.45) is 0. The Morgan fingerprint density at radius 3 is 2.56 bits per heavy atom. The number of hydrogen-bond donors (Lipinski definition) is 0. The van der Waals surface area contributed by atoms with Crippen LogP contribution in [0, 0.1) is 6.92 Å². The fourth-order valence-corrected chi connectivity index (χ4v) is 3.59. The molecule has 0 N–H and O–H groups in total. The predicted molar refractivity (Wildman–Crippen MR) is 96.8 cm³/mol. The lowest BCUT2D eigenvalue weighted by Gasteiger charge is -2.34. The van der Waals surface area contributed by atoms with Gasteiger partial charge in [-0.25, -0.2) is 0 Å². The number of carbonyl (C=O) groups excluding carboxylic acids is 1. The van der Waals surface area contributed by atoms with Crippen LogP contribution in [-0.4, -0.2) is 59.9 Å². The molecule has 1 amide bonds. The molecular weight excluding hydrogens is 338 g/mol. The average Bonchev–Trinajstić information content (AvgIpc) is 3.05. The molecule has 0 saturated carbocycles. The van der Waals surface area contributed by atoms with Gasteiger partial charge in [-0.2, -0.15) is 0 Å². The lowest BCUT2D eigenvalue weighted by Crippen LogP contribution is -2.48. The van der Waals surface area contributed by atoms with E-state index in [9.17, 15) is 4.79 Å². The van der Waals surface area contributed by atoms with Gasteiger partial charge in [0.15, 0.2) is 0 Å². The average molecular weight is 361 g/mol. The second-order valence-corrected chi connectivity index (χ2v) is 7.10. The van der Waals surface area contributed by atoms with Gasteiger partial charge in [-0.15, -0.1) is 11.8 Å². The maximum atomic E-state index is 12.4. The number of hydrogen-bond acceptors (Lipinski definition) is 6. The molecular formula is C18H23N3O3S. The first-order chi connectivity index (χ1) is 12.1. The van der Waals surface area contributed by atoms with Gasteiger partial charge in [0.2, 0.25) is 5.91 Å². The molecule has 1 aliphatic heterocycles. The SMILES string of the molecule is COc1ccc(SCC(=O)N2CCN(Cc3cc(C)on3)CC2)cc1. The van der Waals surface area contributed by atoms with E-state index in [0.29, 0.717) is 5.75 Å². The first-order valence-electron chi connectivity index (χ1n) is 8.33. The number of aromatic nitrogens is 1. The topological polar surface area (TPSA) is 58.8 Å². The fraction of sp³-hybridized carbons (Fsp3) is 0.444. The first-order valence-corrected chi connectivity index (χ1v) is 9.32. The van der Waals surface area contributed by atoms with Crippen LogP contribution >= 0.6 is 11.8 Å². The molecule has 0 aliphatic carbocycles. The number of aryl methyl sites for hydroxylation is 1. The molecule has 6 nitrogen and oxygen atoms in total. The van der Waals surface area contributed by atoms with Crippen LogP contribution in [0.3, 0.4) is 0 Å². The highest BCUT2D eigenvalue weighted by atomic mass is 32.2. The molecule has 0 bridgehead atoms. The Labute approximate surface area is 152 Å². The van der Waals surface area contributed by atoms with E-state index in [-0.39, 0.29) is 5.91 Å². The van der Waals surface area contributed by atoms with E-state index in [2.05, 4.69) is 10.1 Å². The van der Waals surface area contributed by atoms with Crippen molar-refractivity contribution >= 4 is 17.7 Å². The molecule has 0 spiro atoms. The van der Waals surface area contributed by atoms with Crippen LogP contribution in [-0.2, 0) is 11.3 Å². The summed E-state index contributed by atoms with van der Waals surface area (Å²) >= 11 is 1.56. The molecule has 0 unspecified atom stereocenters. The minimum Gasteiger partial charge on any atom is -0.497 e. The van der Waals surface area contributed by atoms with Crippen LogP contribution in [0.25, 0.3) is 0 Å². The van der Waals surface area contributed by atoms with Gasteiger partial charge in [-0.1, -0.05) is 5.16 Å². The number of piperazine rings is 1. The zero-order chi connectivity index (χ0) is 17.6. The number of thioether (sulfide) groups is 1. The van der Waals surface area contributed by atoms with Gasteiger partial charge in [0.05, 0.1) is 18.6 Å². The van der Waals surface area contributed by atoms with Crippen molar-refractivity contribution in [2.24, 2.45) is 0 Å². The van der Waals surface area contributed by atoms with Crippen molar-refractivity contribution < 1.29 is 14.1 Å². The van der Waals surface area contributed by atoms with E-state index in [1.807, 2.05) is 42.2 Å². The predicted octanol–water partition coefficient (Wildman–Crippen LogP) is 2.43. The minimum atomic E-state index is 0.192. The van der Waals surface area contributed by atoms with Crippen molar-refractivity contribution in [1.82, 2.24) is 15.0 Å².